The van der Waals surface area contributed by atoms with Gasteiger partial charge in [0, 0.05) is 16.8 Å². The van der Waals surface area contributed by atoms with Crippen LogP contribution in [0.1, 0.15) is 32.3 Å². The highest BCUT2D eigenvalue weighted by Gasteiger charge is 2.12. The van der Waals surface area contributed by atoms with E-state index >= 15 is 0 Å². The molecular formula is C16H23N3O. The van der Waals surface area contributed by atoms with Crippen molar-refractivity contribution in [3.05, 3.63) is 35.8 Å². The van der Waals surface area contributed by atoms with Gasteiger partial charge in [-0.2, -0.15) is 0 Å². The highest BCUT2D eigenvalue weighted by molar-refractivity contribution is 5.62. The number of rotatable bonds is 4. The molecule has 2 rings (SSSR count). The number of hydrogen-bond acceptors (Lipinski definition) is 3. The molecule has 0 unspecified atom stereocenters. The SMILES string of the molecule is COc1ccc(-c2nc(CNC(C)(C)C)[nH]c2C)cc1. The number of benzene rings is 1. The first-order valence-corrected chi connectivity index (χ1v) is 6.84. The summed E-state index contributed by atoms with van der Waals surface area (Å²) >= 11 is 0. The Balaban J connectivity index is 2.18. The zero-order valence-electron chi connectivity index (χ0n) is 12.9. The summed E-state index contributed by atoms with van der Waals surface area (Å²) in [6.07, 6.45) is 0. The Morgan fingerprint density at radius 2 is 1.85 bits per heavy atom. The molecule has 0 bridgehead atoms. The fourth-order valence-corrected chi connectivity index (χ4v) is 1.98. The number of imidazole rings is 1. The van der Waals surface area contributed by atoms with E-state index in [2.05, 4.69) is 36.1 Å². The van der Waals surface area contributed by atoms with Gasteiger partial charge in [-0.1, -0.05) is 0 Å². The minimum atomic E-state index is 0.0843. The molecule has 0 saturated heterocycles. The number of ether oxygens (including phenoxy) is 1. The zero-order chi connectivity index (χ0) is 14.8. The molecule has 108 valence electrons. The first-order chi connectivity index (χ1) is 9.39. The van der Waals surface area contributed by atoms with E-state index in [1.807, 2.05) is 31.2 Å². The molecular weight excluding hydrogens is 250 g/mol. The number of nitrogens with one attached hydrogen (secondary N) is 2. The maximum atomic E-state index is 5.18. The van der Waals surface area contributed by atoms with Crippen LogP contribution in [0.2, 0.25) is 0 Å². The normalized spacial score (nSPS) is 11.7. The lowest BCUT2D eigenvalue weighted by atomic mass is 10.1. The minimum Gasteiger partial charge on any atom is -0.497 e. The standard InChI is InChI=1S/C16H23N3O/c1-11-15(12-6-8-13(20-5)9-7-12)19-14(18-11)10-17-16(2,3)4/h6-9,17H,10H2,1-5H3,(H,18,19). The van der Waals surface area contributed by atoms with Gasteiger partial charge in [-0.3, -0.25) is 0 Å². The molecule has 2 aromatic rings. The molecule has 0 aliphatic heterocycles. The zero-order valence-corrected chi connectivity index (χ0v) is 12.9. The number of H-pyrrole nitrogens is 1. The second-order valence-corrected chi connectivity index (χ2v) is 5.99. The molecule has 4 nitrogen and oxygen atoms in total. The van der Waals surface area contributed by atoms with Crippen molar-refractivity contribution in [2.24, 2.45) is 0 Å². The predicted octanol–water partition coefficient (Wildman–Crippen LogP) is 3.28. The molecule has 0 atom stereocenters. The molecule has 0 amide bonds. The van der Waals surface area contributed by atoms with Gasteiger partial charge < -0.3 is 15.0 Å². The molecule has 1 aromatic carbocycles. The van der Waals surface area contributed by atoms with E-state index < -0.39 is 0 Å². The summed E-state index contributed by atoms with van der Waals surface area (Å²) < 4.78 is 5.18. The number of aryl methyl sites for hydroxylation is 1. The van der Waals surface area contributed by atoms with Crippen molar-refractivity contribution in [2.75, 3.05) is 7.11 Å². The minimum absolute atomic E-state index is 0.0843. The second kappa shape index (κ2) is 5.67. The monoisotopic (exact) mass is 273 g/mol. The molecule has 0 fully saturated rings. The van der Waals surface area contributed by atoms with Crippen LogP contribution in [0.5, 0.6) is 5.75 Å². The Bertz CT molecular complexity index is 564. The van der Waals surface area contributed by atoms with E-state index in [9.17, 15) is 0 Å². The van der Waals surface area contributed by atoms with Gasteiger partial charge in [0.05, 0.1) is 19.3 Å². The maximum Gasteiger partial charge on any atom is 0.121 e. The third-order valence-electron chi connectivity index (χ3n) is 3.08. The van der Waals surface area contributed by atoms with E-state index in [0.29, 0.717) is 0 Å². The summed E-state index contributed by atoms with van der Waals surface area (Å²) in [5.41, 5.74) is 3.27. The lowest BCUT2D eigenvalue weighted by molar-refractivity contribution is 0.415. The van der Waals surface area contributed by atoms with Gasteiger partial charge >= 0.3 is 0 Å². The lowest BCUT2D eigenvalue weighted by Crippen LogP contribution is -2.35. The van der Waals surface area contributed by atoms with E-state index in [1.165, 1.54) is 0 Å². The van der Waals surface area contributed by atoms with Gasteiger partial charge in [-0.25, -0.2) is 4.98 Å². The molecule has 0 spiro atoms. The average molecular weight is 273 g/mol. The van der Waals surface area contributed by atoms with E-state index in [1.54, 1.807) is 7.11 Å². The van der Waals surface area contributed by atoms with E-state index in [0.717, 1.165) is 35.1 Å². The lowest BCUT2D eigenvalue weighted by Gasteiger charge is -2.19. The summed E-state index contributed by atoms with van der Waals surface area (Å²) in [7, 11) is 1.67. The number of hydrogen-bond donors (Lipinski definition) is 2. The van der Waals surface area contributed by atoms with Gasteiger partial charge in [0.2, 0.25) is 0 Å². The summed E-state index contributed by atoms with van der Waals surface area (Å²) in [5.74, 6) is 1.82. The number of methoxy groups -OCH3 is 1. The largest absolute Gasteiger partial charge is 0.497 e. The van der Waals surface area contributed by atoms with Crippen LogP contribution >= 0.6 is 0 Å². The van der Waals surface area contributed by atoms with E-state index in [4.69, 9.17) is 4.74 Å². The third kappa shape index (κ3) is 3.61. The number of nitrogens with zero attached hydrogens (tertiary/aromatic N) is 1. The summed E-state index contributed by atoms with van der Waals surface area (Å²) in [5, 5.41) is 3.43. The number of aromatic nitrogens is 2. The molecule has 0 aliphatic carbocycles. The van der Waals surface area contributed by atoms with Crippen LogP contribution in [0.25, 0.3) is 11.3 Å². The van der Waals surface area contributed by atoms with Crippen LogP contribution in [0.4, 0.5) is 0 Å². The van der Waals surface area contributed by atoms with Crippen LogP contribution in [0, 0.1) is 6.92 Å². The van der Waals surface area contributed by atoms with Crippen molar-refractivity contribution in [3.63, 3.8) is 0 Å². The molecule has 4 heteroatoms. The molecule has 2 N–H and O–H groups in total. The van der Waals surface area contributed by atoms with Crippen molar-refractivity contribution >= 4 is 0 Å². The molecule has 1 heterocycles. The summed E-state index contributed by atoms with van der Waals surface area (Å²) in [4.78, 5) is 8.02. The Hall–Kier alpha value is -1.81. The van der Waals surface area contributed by atoms with Gasteiger partial charge in [0.25, 0.3) is 0 Å². The highest BCUT2D eigenvalue weighted by Crippen LogP contribution is 2.23. The molecule has 0 aliphatic rings. The molecule has 20 heavy (non-hydrogen) atoms. The topological polar surface area (TPSA) is 49.9 Å². The van der Waals surface area contributed by atoms with Crippen molar-refractivity contribution in [3.8, 4) is 17.0 Å². The molecule has 0 radical (unpaired) electrons. The number of aromatic amines is 1. The Labute approximate surface area is 120 Å². The second-order valence-electron chi connectivity index (χ2n) is 5.99. The highest BCUT2D eigenvalue weighted by atomic mass is 16.5. The van der Waals surface area contributed by atoms with Crippen LogP contribution < -0.4 is 10.1 Å². The average Bonchev–Trinajstić information content (AvgIpc) is 2.77. The van der Waals surface area contributed by atoms with Gasteiger partial charge in [0.15, 0.2) is 0 Å². The quantitative estimate of drug-likeness (QED) is 0.898. The molecule has 0 saturated carbocycles. The smallest absolute Gasteiger partial charge is 0.121 e. The van der Waals surface area contributed by atoms with Crippen LogP contribution in [-0.2, 0) is 6.54 Å². The fourth-order valence-electron chi connectivity index (χ4n) is 1.98. The summed E-state index contributed by atoms with van der Waals surface area (Å²) in [6, 6.07) is 7.97. The Kier molecular flexibility index (Phi) is 4.14. The van der Waals surface area contributed by atoms with Gasteiger partial charge in [-0.15, -0.1) is 0 Å². The van der Waals surface area contributed by atoms with Crippen LogP contribution in [0.15, 0.2) is 24.3 Å². The Morgan fingerprint density at radius 3 is 2.40 bits per heavy atom. The van der Waals surface area contributed by atoms with Crippen molar-refractivity contribution < 1.29 is 4.74 Å². The van der Waals surface area contributed by atoms with Gasteiger partial charge in [-0.05, 0) is 52.0 Å². The van der Waals surface area contributed by atoms with Crippen molar-refractivity contribution in [1.82, 2.24) is 15.3 Å². The van der Waals surface area contributed by atoms with Gasteiger partial charge in [0.1, 0.15) is 11.6 Å². The van der Waals surface area contributed by atoms with Crippen LogP contribution in [0.3, 0.4) is 0 Å². The predicted molar refractivity (Wildman–Crippen MR) is 81.9 cm³/mol. The van der Waals surface area contributed by atoms with E-state index in [-0.39, 0.29) is 5.54 Å². The van der Waals surface area contributed by atoms with Crippen LogP contribution in [-0.4, -0.2) is 22.6 Å². The maximum absolute atomic E-state index is 5.18. The van der Waals surface area contributed by atoms with Crippen molar-refractivity contribution in [1.29, 1.82) is 0 Å². The first-order valence-electron chi connectivity index (χ1n) is 6.84. The first kappa shape index (κ1) is 14.6. The third-order valence-corrected chi connectivity index (χ3v) is 3.08. The summed E-state index contributed by atoms with van der Waals surface area (Å²) in [6.45, 7) is 9.22. The van der Waals surface area contributed by atoms with Crippen molar-refractivity contribution in [2.45, 2.75) is 39.8 Å². The fraction of sp³-hybridized carbons (Fsp3) is 0.438. The molecule has 1 aromatic heterocycles. The Morgan fingerprint density at radius 1 is 1.20 bits per heavy atom.